The van der Waals surface area contributed by atoms with Gasteiger partial charge in [0.2, 0.25) is 0 Å². The van der Waals surface area contributed by atoms with Crippen LogP contribution in [0.15, 0.2) is 6.20 Å². The Bertz CT molecular complexity index is 345. The van der Waals surface area contributed by atoms with E-state index in [2.05, 4.69) is 10.4 Å². The highest BCUT2D eigenvalue weighted by molar-refractivity contribution is 5.28. The molecule has 0 aromatic carbocycles. The summed E-state index contributed by atoms with van der Waals surface area (Å²) >= 11 is 0. The first-order valence-electron chi connectivity index (χ1n) is 5.58. The number of hydrogen-bond donors (Lipinski definition) is 1. The number of rotatable bonds is 4. The average Bonchev–Trinajstić information content (AvgIpc) is 2.91. The Hall–Kier alpha value is -1.07. The molecule has 90 valence electrons. The van der Waals surface area contributed by atoms with Crippen LogP contribution in [0.2, 0.25) is 0 Å². The first kappa shape index (κ1) is 11.4. The normalized spacial score (nSPS) is 22.3. The molecule has 5 nitrogen and oxygen atoms in total. The van der Waals surface area contributed by atoms with Gasteiger partial charge >= 0.3 is 0 Å². The topological polar surface area (TPSA) is 48.3 Å². The van der Waals surface area contributed by atoms with Crippen LogP contribution in [0.1, 0.15) is 18.2 Å². The second-order valence-corrected chi connectivity index (χ2v) is 4.11. The summed E-state index contributed by atoms with van der Waals surface area (Å²) < 4.78 is 12.7. The average molecular weight is 225 g/mol. The fraction of sp³-hybridized carbons (Fsp3) is 0.727. The Kier molecular flexibility index (Phi) is 3.46. The molecule has 0 amide bonds. The van der Waals surface area contributed by atoms with Gasteiger partial charge in [-0.1, -0.05) is 0 Å². The van der Waals surface area contributed by atoms with Crippen molar-refractivity contribution in [2.75, 3.05) is 27.4 Å². The Labute approximate surface area is 95.7 Å². The minimum Gasteiger partial charge on any atom is -0.493 e. The van der Waals surface area contributed by atoms with Gasteiger partial charge < -0.3 is 14.8 Å². The summed E-state index contributed by atoms with van der Waals surface area (Å²) in [5.41, 5.74) is 1.10. The van der Waals surface area contributed by atoms with Crippen LogP contribution in [0.25, 0.3) is 0 Å². The minimum absolute atomic E-state index is 0.241. The quantitative estimate of drug-likeness (QED) is 0.820. The van der Waals surface area contributed by atoms with Gasteiger partial charge in [0.1, 0.15) is 0 Å². The van der Waals surface area contributed by atoms with E-state index in [0.717, 1.165) is 31.1 Å². The predicted octanol–water partition coefficient (Wildman–Crippen LogP) is 0.726. The molecule has 5 heteroatoms. The highest BCUT2D eigenvalue weighted by Gasteiger charge is 2.30. The molecule has 1 aromatic rings. The molecule has 2 rings (SSSR count). The van der Waals surface area contributed by atoms with Gasteiger partial charge in [0.15, 0.2) is 5.75 Å². The van der Waals surface area contributed by atoms with Crippen molar-refractivity contribution in [2.45, 2.75) is 12.5 Å². The van der Waals surface area contributed by atoms with Crippen molar-refractivity contribution in [2.24, 2.45) is 13.0 Å². The van der Waals surface area contributed by atoms with Crippen LogP contribution in [0.4, 0.5) is 0 Å². The van der Waals surface area contributed by atoms with E-state index >= 15 is 0 Å². The maximum atomic E-state index is 5.44. The van der Waals surface area contributed by atoms with Crippen LogP contribution < -0.4 is 10.1 Å². The first-order chi connectivity index (χ1) is 7.77. The molecule has 0 aliphatic carbocycles. The lowest BCUT2D eigenvalue weighted by molar-refractivity contribution is 0.176. The van der Waals surface area contributed by atoms with Gasteiger partial charge in [-0.15, -0.1) is 0 Å². The molecule has 0 radical (unpaired) electrons. The highest BCUT2D eigenvalue weighted by Crippen LogP contribution is 2.33. The molecule has 1 aliphatic heterocycles. The van der Waals surface area contributed by atoms with Gasteiger partial charge in [-0.2, -0.15) is 5.10 Å². The fourth-order valence-electron chi connectivity index (χ4n) is 2.35. The van der Waals surface area contributed by atoms with Crippen molar-refractivity contribution >= 4 is 0 Å². The molecular weight excluding hydrogens is 206 g/mol. The molecule has 2 heterocycles. The second-order valence-electron chi connectivity index (χ2n) is 4.11. The number of methoxy groups -OCH3 is 1. The lowest BCUT2D eigenvalue weighted by Crippen LogP contribution is -2.28. The van der Waals surface area contributed by atoms with E-state index in [1.165, 1.54) is 0 Å². The predicted molar refractivity (Wildman–Crippen MR) is 60.5 cm³/mol. The van der Waals surface area contributed by atoms with Crippen molar-refractivity contribution in [1.29, 1.82) is 0 Å². The Morgan fingerprint density at radius 1 is 1.69 bits per heavy atom. The zero-order valence-corrected chi connectivity index (χ0v) is 10.1. The van der Waals surface area contributed by atoms with Crippen molar-refractivity contribution in [3.63, 3.8) is 0 Å². The fourth-order valence-corrected chi connectivity index (χ4v) is 2.35. The van der Waals surface area contributed by atoms with Crippen LogP contribution in [0.3, 0.4) is 0 Å². The zero-order valence-electron chi connectivity index (χ0n) is 10.1. The van der Waals surface area contributed by atoms with Gasteiger partial charge in [0.25, 0.3) is 0 Å². The summed E-state index contributed by atoms with van der Waals surface area (Å²) in [6, 6.07) is 0.241. The molecule has 1 N–H and O–H groups in total. The Balaban J connectivity index is 2.27. The monoisotopic (exact) mass is 225 g/mol. The van der Waals surface area contributed by atoms with E-state index in [0.29, 0.717) is 5.92 Å². The molecule has 1 aromatic heterocycles. The van der Waals surface area contributed by atoms with Gasteiger partial charge in [-0.25, -0.2) is 0 Å². The number of aromatic nitrogens is 2. The van der Waals surface area contributed by atoms with Crippen molar-refractivity contribution < 1.29 is 9.47 Å². The van der Waals surface area contributed by atoms with E-state index in [9.17, 15) is 0 Å². The Morgan fingerprint density at radius 2 is 2.50 bits per heavy atom. The first-order valence-corrected chi connectivity index (χ1v) is 5.58. The Morgan fingerprint density at radius 3 is 3.06 bits per heavy atom. The number of aryl methyl sites for hydroxylation is 1. The van der Waals surface area contributed by atoms with Gasteiger partial charge in [-0.05, 0) is 13.5 Å². The highest BCUT2D eigenvalue weighted by atomic mass is 16.5. The summed E-state index contributed by atoms with van der Waals surface area (Å²) in [5, 5.41) is 7.58. The third-order valence-electron chi connectivity index (χ3n) is 3.21. The largest absolute Gasteiger partial charge is 0.493 e. The molecule has 2 atom stereocenters. The molecular formula is C11H19N3O2. The molecule has 0 bridgehead atoms. The maximum absolute atomic E-state index is 5.44. The molecule has 1 fully saturated rings. The van der Waals surface area contributed by atoms with Crippen LogP contribution >= 0.6 is 0 Å². The van der Waals surface area contributed by atoms with Crippen LogP contribution in [0.5, 0.6) is 5.75 Å². The number of nitrogens with zero attached hydrogens (tertiary/aromatic N) is 2. The van der Waals surface area contributed by atoms with E-state index in [-0.39, 0.29) is 6.04 Å². The summed E-state index contributed by atoms with van der Waals surface area (Å²) in [6.45, 7) is 1.66. The lowest BCUT2D eigenvalue weighted by atomic mass is 9.96. The summed E-state index contributed by atoms with van der Waals surface area (Å²) in [5.74, 6) is 1.34. The van der Waals surface area contributed by atoms with Crippen LogP contribution in [-0.2, 0) is 11.8 Å². The van der Waals surface area contributed by atoms with Crippen molar-refractivity contribution in [3.8, 4) is 5.75 Å². The standard InChI is InChI=1S/C11H19N3O2/c1-12-10(8-4-5-16-7-8)11-9(15-3)6-13-14(11)2/h6,8,10,12H,4-5,7H2,1-3H3. The number of nitrogens with one attached hydrogen (secondary N) is 1. The molecule has 0 saturated carbocycles. The SMILES string of the molecule is CNC(c1c(OC)cnn1C)C1CCOC1. The van der Waals surface area contributed by atoms with E-state index in [4.69, 9.17) is 9.47 Å². The smallest absolute Gasteiger partial charge is 0.161 e. The number of hydrogen-bond acceptors (Lipinski definition) is 4. The van der Waals surface area contributed by atoms with Gasteiger partial charge in [-0.3, -0.25) is 4.68 Å². The van der Waals surface area contributed by atoms with Crippen molar-refractivity contribution in [1.82, 2.24) is 15.1 Å². The summed E-state index contributed by atoms with van der Waals surface area (Å²) in [6.07, 6.45) is 2.84. The molecule has 2 unspecified atom stereocenters. The summed E-state index contributed by atoms with van der Waals surface area (Å²) in [7, 11) is 5.59. The van der Waals surface area contributed by atoms with Crippen LogP contribution in [-0.4, -0.2) is 37.2 Å². The van der Waals surface area contributed by atoms with Gasteiger partial charge in [0, 0.05) is 19.6 Å². The van der Waals surface area contributed by atoms with Crippen LogP contribution in [0, 0.1) is 5.92 Å². The lowest BCUT2D eigenvalue weighted by Gasteiger charge is -2.22. The molecule has 1 saturated heterocycles. The van der Waals surface area contributed by atoms with E-state index in [1.807, 2.05) is 18.8 Å². The third kappa shape index (κ3) is 1.92. The van der Waals surface area contributed by atoms with Crippen molar-refractivity contribution in [3.05, 3.63) is 11.9 Å². The molecule has 16 heavy (non-hydrogen) atoms. The third-order valence-corrected chi connectivity index (χ3v) is 3.21. The second kappa shape index (κ2) is 4.84. The molecule has 0 spiro atoms. The maximum Gasteiger partial charge on any atom is 0.161 e. The zero-order chi connectivity index (χ0) is 11.5. The van der Waals surface area contributed by atoms with E-state index in [1.54, 1.807) is 13.3 Å². The minimum atomic E-state index is 0.241. The number of ether oxygens (including phenoxy) is 2. The van der Waals surface area contributed by atoms with Gasteiger partial charge in [0.05, 0.1) is 31.6 Å². The summed E-state index contributed by atoms with van der Waals surface area (Å²) in [4.78, 5) is 0. The van der Waals surface area contributed by atoms with E-state index < -0.39 is 0 Å². The molecule has 1 aliphatic rings.